The van der Waals surface area contributed by atoms with Crippen LogP contribution in [0.4, 0.5) is 0 Å². The summed E-state index contributed by atoms with van der Waals surface area (Å²) in [5, 5.41) is 5.70. The SMILES string of the molecule is COCCNCc1nc2scc(-c3ccc(OC)c(OC)c3)c2c(=O)[nH]1. The fourth-order valence-corrected chi connectivity index (χ4v) is 3.64. The van der Waals surface area contributed by atoms with E-state index in [9.17, 15) is 4.79 Å². The van der Waals surface area contributed by atoms with Gasteiger partial charge in [-0.3, -0.25) is 4.79 Å². The predicted octanol–water partition coefficient (Wildman–Crippen LogP) is 2.40. The number of methoxy groups -OCH3 is 3. The summed E-state index contributed by atoms with van der Waals surface area (Å²) in [5.41, 5.74) is 1.57. The molecule has 0 aliphatic heterocycles. The number of rotatable bonds is 8. The number of nitrogens with one attached hydrogen (secondary N) is 2. The van der Waals surface area contributed by atoms with Gasteiger partial charge in [-0.05, 0) is 17.7 Å². The van der Waals surface area contributed by atoms with Gasteiger partial charge in [0.1, 0.15) is 10.7 Å². The molecule has 7 nitrogen and oxygen atoms in total. The highest BCUT2D eigenvalue weighted by Crippen LogP contribution is 2.36. The number of nitrogens with zero attached hydrogens (tertiary/aromatic N) is 1. The average molecular weight is 375 g/mol. The number of benzene rings is 1. The topological polar surface area (TPSA) is 85.5 Å². The van der Waals surface area contributed by atoms with E-state index in [2.05, 4.69) is 15.3 Å². The predicted molar refractivity (Wildman–Crippen MR) is 102 cm³/mol. The van der Waals surface area contributed by atoms with Crippen LogP contribution in [-0.2, 0) is 11.3 Å². The lowest BCUT2D eigenvalue weighted by Crippen LogP contribution is -2.22. The van der Waals surface area contributed by atoms with Crippen LogP contribution in [0.2, 0.25) is 0 Å². The van der Waals surface area contributed by atoms with Crippen molar-refractivity contribution in [1.29, 1.82) is 0 Å². The molecular weight excluding hydrogens is 354 g/mol. The van der Waals surface area contributed by atoms with Crippen molar-refractivity contribution in [2.75, 3.05) is 34.5 Å². The maximum absolute atomic E-state index is 12.6. The van der Waals surface area contributed by atoms with Crippen LogP contribution in [0.1, 0.15) is 5.82 Å². The average Bonchev–Trinajstić information content (AvgIpc) is 3.09. The van der Waals surface area contributed by atoms with E-state index < -0.39 is 0 Å². The number of aromatic nitrogens is 2. The Hall–Kier alpha value is -2.42. The van der Waals surface area contributed by atoms with Gasteiger partial charge in [0.15, 0.2) is 11.5 Å². The fraction of sp³-hybridized carbons (Fsp3) is 0.333. The molecule has 2 heterocycles. The van der Waals surface area contributed by atoms with E-state index in [1.54, 1.807) is 21.3 Å². The summed E-state index contributed by atoms with van der Waals surface area (Å²) >= 11 is 1.45. The third kappa shape index (κ3) is 3.72. The largest absolute Gasteiger partial charge is 0.493 e. The molecule has 0 unspecified atom stereocenters. The lowest BCUT2D eigenvalue weighted by atomic mass is 10.1. The number of fused-ring (bicyclic) bond motifs is 1. The lowest BCUT2D eigenvalue weighted by Gasteiger charge is -2.09. The van der Waals surface area contributed by atoms with Crippen LogP contribution in [0.15, 0.2) is 28.4 Å². The molecule has 26 heavy (non-hydrogen) atoms. The summed E-state index contributed by atoms with van der Waals surface area (Å²) in [7, 11) is 4.83. The van der Waals surface area contributed by atoms with Crippen LogP contribution >= 0.6 is 11.3 Å². The first-order chi connectivity index (χ1) is 12.7. The van der Waals surface area contributed by atoms with Crippen molar-refractivity contribution in [2.45, 2.75) is 6.54 Å². The summed E-state index contributed by atoms with van der Waals surface area (Å²) in [5.74, 6) is 1.87. The molecule has 0 saturated heterocycles. The second-order valence-electron chi connectivity index (χ2n) is 5.58. The highest BCUT2D eigenvalue weighted by atomic mass is 32.1. The van der Waals surface area contributed by atoms with Gasteiger partial charge in [0.05, 0.1) is 32.8 Å². The minimum Gasteiger partial charge on any atom is -0.493 e. The van der Waals surface area contributed by atoms with Crippen molar-refractivity contribution in [3.63, 3.8) is 0 Å². The number of aromatic amines is 1. The second-order valence-corrected chi connectivity index (χ2v) is 6.44. The quantitative estimate of drug-likeness (QED) is 0.588. The van der Waals surface area contributed by atoms with E-state index in [4.69, 9.17) is 14.2 Å². The number of thiophene rings is 1. The maximum Gasteiger partial charge on any atom is 0.260 e. The molecule has 3 aromatic rings. The molecule has 2 N–H and O–H groups in total. The highest BCUT2D eigenvalue weighted by Gasteiger charge is 2.15. The minimum absolute atomic E-state index is 0.149. The molecular formula is C18H21N3O4S. The van der Waals surface area contributed by atoms with E-state index in [0.717, 1.165) is 11.1 Å². The van der Waals surface area contributed by atoms with Gasteiger partial charge in [-0.15, -0.1) is 11.3 Å². The van der Waals surface area contributed by atoms with Crippen LogP contribution in [0.3, 0.4) is 0 Å². The van der Waals surface area contributed by atoms with Crippen LogP contribution in [0.5, 0.6) is 11.5 Å². The molecule has 2 aromatic heterocycles. The minimum atomic E-state index is -0.149. The van der Waals surface area contributed by atoms with Crippen molar-refractivity contribution in [1.82, 2.24) is 15.3 Å². The zero-order valence-electron chi connectivity index (χ0n) is 14.9. The maximum atomic E-state index is 12.6. The Morgan fingerprint density at radius 2 is 2.00 bits per heavy atom. The summed E-state index contributed by atoms with van der Waals surface area (Å²) < 4.78 is 15.6. The standard InChI is InChI=1S/C18H21N3O4S/c1-23-7-6-19-9-15-20-17(22)16-12(10-26-18(16)21-15)11-4-5-13(24-2)14(8-11)25-3/h4-5,8,10,19H,6-7,9H2,1-3H3,(H,20,21,22). The molecule has 0 atom stereocenters. The Morgan fingerprint density at radius 1 is 1.19 bits per heavy atom. The Bertz CT molecular complexity index is 951. The van der Waals surface area contributed by atoms with Gasteiger partial charge in [-0.25, -0.2) is 4.98 Å². The number of hydrogen-bond acceptors (Lipinski definition) is 7. The second kappa shape index (κ2) is 8.31. The van der Waals surface area contributed by atoms with Gasteiger partial charge >= 0.3 is 0 Å². The van der Waals surface area contributed by atoms with E-state index in [1.165, 1.54) is 11.3 Å². The van der Waals surface area contributed by atoms with E-state index in [-0.39, 0.29) is 5.56 Å². The lowest BCUT2D eigenvalue weighted by molar-refractivity contribution is 0.199. The fourth-order valence-electron chi connectivity index (χ4n) is 2.67. The van der Waals surface area contributed by atoms with Gasteiger partial charge in [0.25, 0.3) is 5.56 Å². The monoisotopic (exact) mass is 375 g/mol. The third-order valence-electron chi connectivity index (χ3n) is 3.96. The molecule has 0 saturated carbocycles. The first-order valence-electron chi connectivity index (χ1n) is 8.10. The molecule has 138 valence electrons. The summed E-state index contributed by atoms with van der Waals surface area (Å²) in [6.45, 7) is 1.78. The molecule has 0 spiro atoms. The number of hydrogen-bond donors (Lipinski definition) is 2. The highest BCUT2D eigenvalue weighted by molar-refractivity contribution is 7.17. The molecule has 0 amide bonds. The number of ether oxygens (including phenoxy) is 3. The third-order valence-corrected chi connectivity index (χ3v) is 4.84. The van der Waals surface area contributed by atoms with Gasteiger partial charge in [0, 0.05) is 24.6 Å². The van der Waals surface area contributed by atoms with Gasteiger partial charge in [0.2, 0.25) is 0 Å². The smallest absolute Gasteiger partial charge is 0.260 e. The van der Waals surface area contributed by atoms with Crippen LogP contribution < -0.4 is 20.3 Å². The molecule has 8 heteroatoms. The normalized spacial score (nSPS) is 11.0. The van der Waals surface area contributed by atoms with E-state index in [1.807, 2.05) is 23.6 Å². The summed E-state index contributed by atoms with van der Waals surface area (Å²) in [6.07, 6.45) is 0. The van der Waals surface area contributed by atoms with E-state index >= 15 is 0 Å². The van der Waals surface area contributed by atoms with Crippen LogP contribution in [-0.4, -0.2) is 44.4 Å². The van der Waals surface area contributed by atoms with Crippen molar-refractivity contribution in [3.05, 3.63) is 39.8 Å². The molecule has 3 rings (SSSR count). The van der Waals surface area contributed by atoms with Crippen molar-refractivity contribution >= 4 is 21.6 Å². The first-order valence-corrected chi connectivity index (χ1v) is 8.98. The van der Waals surface area contributed by atoms with Crippen molar-refractivity contribution in [2.24, 2.45) is 0 Å². The first kappa shape index (κ1) is 18.4. The molecule has 0 fully saturated rings. The van der Waals surface area contributed by atoms with Crippen molar-refractivity contribution < 1.29 is 14.2 Å². The van der Waals surface area contributed by atoms with Crippen LogP contribution in [0.25, 0.3) is 21.3 Å². The number of H-pyrrole nitrogens is 1. The molecule has 0 aliphatic rings. The van der Waals surface area contributed by atoms with Gasteiger partial charge in [-0.2, -0.15) is 0 Å². The van der Waals surface area contributed by atoms with Crippen LogP contribution in [0, 0.1) is 0 Å². The zero-order chi connectivity index (χ0) is 18.5. The summed E-state index contributed by atoms with van der Waals surface area (Å²) in [4.78, 5) is 20.7. The Labute approximate surface area is 154 Å². The van der Waals surface area contributed by atoms with Gasteiger partial charge < -0.3 is 24.5 Å². The Kier molecular flexibility index (Phi) is 5.87. The summed E-state index contributed by atoms with van der Waals surface area (Å²) in [6, 6.07) is 5.59. The Balaban J connectivity index is 1.95. The molecule has 1 aromatic carbocycles. The Morgan fingerprint density at radius 3 is 2.73 bits per heavy atom. The van der Waals surface area contributed by atoms with Crippen molar-refractivity contribution in [3.8, 4) is 22.6 Å². The molecule has 0 aliphatic carbocycles. The molecule has 0 radical (unpaired) electrons. The van der Waals surface area contributed by atoms with E-state index in [0.29, 0.717) is 47.2 Å². The zero-order valence-corrected chi connectivity index (χ0v) is 15.7. The van der Waals surface area contributed by atoms with Gasteiger partial charge in [-0.1, -0.05) is 6.07 Å². The molecule has 0 bridgehead atoms.